The minimum absolute atomic E-state index is 0.0530. The lowest BCUT2D eigenvalue weighted by atomic mass is 9.90. The Morgan fingerprint density at radius 2 is 1.39 bits per heavy atom. The second-order valence-corrected chi connectivity index (χ2v) is 8.42. The Morgan fingerprint density at radius 1 is 0.833 bits per heavy atom. The van der Waals surface area contributed by atoms with Crippen molar-refractivity contribution in [1.29, 1.82) is 0 Å². The van der Waals surface area contributed by atoms with E-state index in [4.69, 9.17) is 5.84 Å². The first-order chi connectivity index (χ1) is 17.4. The van der Waals surface area contributed by atoms with Crippen LogP contribution in [0.2, 0.25) is 0 Å². The van der Waals surface area contributed by atoms with Crippen molar-refractivity contribution in [3.8, 4) is 0 Å². The first-order valence-electron chi connectivity index (χ1n) is 12.1. The molecule has 9 heteroatoms. The van der Waals surface area contributed by atoms with Crippen LogP contribution in [0.5, 0.6) is 0 Å². The summed E-state index contributed by atoms with van der Waals surface area (Å²) in [5.41, 5.74) is 6.38. The number of amides is 3. The third-order valence-electron chi connectivity index (χ3n) is 5.71. The maximum Gasteiger partial charge on any atom is 0.330 e. The van der Waals surface area contributed by atoms with Gasteiger partial charge in [-0.25, -0.2) is 11.3 Å². The van der Waals surface area contributed by atoms with E-state index in [0.29, 0.717) is 38.1 Å². The third-order valence-corrected chi connectivity index (χ3v) is 5.71. The second kappa shape index (κ2) is 15.2. The van der Waals surface area contributed by atoms with Crippen LogP contribution in [0.15, 0.2) is 65.8 Å². The largest absolute Gasteiger partial charge is 0.334 e. The summed E-state index contributed by atoms with van der Waals surface area (Å²) in [4.78, 5) is 51.1. The lowest BCUT2D eigenvalue weighted by Crippen LogP contribution is -2.42. The van der Waals surface area contributed by atoms with Crippen LogP contribution in [0, 0.1) is 5.92 Å². The summed E-state index contributed by atoms with van der Waals surface area (Å²) in [5.74, 6) is 2.11. The molecule has 0 fully saturated rings. The molecular weight excluding hydrogens is 458 g/mol. The molecule has 4 N–H and O–H groups in total. The highest BCUT2D eigenvalue weighted by atomic mass is 16.2. The molecule has 1 atom stereocenters. The quantitative estimate of drug-likeness (QED) is 0.130. The molecule has 2 rings (SSSR count). The number of carbonyl (C=O) groups excluding carboxylic acids is 4. The van der Waals surface area contributed by atoms with E-state index < -0.39 is 17.7 Å². The first-order valence-corrected chi connectivity index (χ1v) is 12.1. The number of ketones is 1. The monoisotopic (exact) mass is 493 g/mol. The van der Waals surface area contributed by atoms with Crippen molar-refractivity contribution in [2.45, 2.75) is 59.0 Å². The van der Waals surface area contributed by atoms with E-state index in [9.17, 15) is 19.2 Å². The molecule has 2 aromatic carbocycles. The fourth-order valence-corrected chi connectivity index (χ4v) is 3.85. The number of rotatable bonds is 13. The first kappa shape index (κ1) is 28.4. The molecule has 0 aliphatic rings. The Balaban J connectivity index is 2.10. The third kappa shape index (κ3) is 9.07. The topological polar surface area (TPSA) is 134 Å². The highest BCUT2D eigenvalue weighted by molar-refractivity contribution is 6.34. The van der Waals surface area contributed by atoms with E-state index in [1.165, 1.54) is 0 Å². The van der Waals surface area contributed by atoms with Crippen LogP contribution in [0.3, 0.4) is 0 Å². The summed E-state index contributed by atoms with van der Waals surface area (Å²) in [6.07, 6.45) is 1.75. The minimum atomic E-state index is -1.03. The lowest BCUT2D eigenvalue weighted by molar-refractivity contribution is -0.139. The zero-order chi connectivity index (χ0) is 26.3. The van der Waals surface area contributed by atoms with E-state index in [0.717, 1.165) is 11.1 Å². The fraction of sp³-hybridized carbons (Fsp3) is 0.370. The summed E-state index contributed by atoms with van der Waals surface area (Å²) in [5, 5.41) is 4.03. The van der Waals surface area contributed by atoms with Crippen LogP contribution in [-0.4, -0.2) is 34.1 Å². The lowest BCUT2D eigenvalue weighted by Gasteiger charge is -2.24. The molecule has 0 radical (unpaired) electrons. The Hall–Kier alpha value is -3.85. The standard InChI is InChI=1S/C27H35N5O4/c1-3-11-23(30-31-27(36)26(35)29-28)22(4-2)24(33)16-17-25(34)32(18-20-12-7-5-8-13-20)19-21-14-9-6-10-15-21/h5-10,12-15,22H,3-4,11,16-19,28H2,1-2H3,(H,29,35)(H,31,36)/b30-23+. The van der Waals surface area contributed by atoms with Gasteiger partial charge in [0.05, 0.1) is 5.92 Å². The van der Waals surface area contributed by atoms with Gasteiger partial charge in [0.2, 0.25) is 5.91 Å². The molecule has 2 aromatic rings. The van der Waals surface area contributed by atoms with Gasteiger partial charge >= 0.3 is 11.8 Å². The number of carbonyl (C=O) groups is 4. The Labute approximate surface area is 212 Å². The van der Waals surface area contributed by atoms with Crippen LogP contribution in [0.1, 0.15) is 57.1 Å². The van der Waals surface area contributed by atoms with Crippen LogP contribution in [0.25, 0.3) is 0 Å². The Bertz CT molecular complexity index is 999. The molecule has 9 nitrogen and oxygen atoms in total. The summed E-state index contributed by atoms with van der Waals surface area (Å²) < 4.78 is 0. The summed E-state index contributed by atoms with van der Waals surface area (Å²) in [7, 11) is 0. The summed E-state index contributed by atoms with van der Waals surface area (Å²) in [6, 6.07) is 19.5. The van der Waals surface area contributed by atoms with Crippen LogP contribution < -0.4 is 16.7 Å². The molecule has 0 heterocycles. The van der Waals surface area contributed by atoms with Crippen molar-refractivity contribution in [3.05, 3.63) is 71.8 Å². The van der Waals surface area contributed by atoms with Crippen LogP contribution in [0.4, 0.5) is 0 Å². The van der Waals surface area contributed by atoms with Crippen molar-refractivity contribution in [2.24, 2.45) is 16.9 Å². The minimum Gasteiger partial charge on any atom is -0.334 e. The van der Waals surface area contributed by atoms with Gasteiger partial charge < -0.3 is 4.90 Å². The average molecular weight is 494 g/mol. The number of hydrogen-bond acceptors (Lipinski definition) is 6. The second-order valence-electron chi connectivity index (χ2n) is 8.42. The molecule has 0 spiro atoms. The Kier molecular flexibility index (Phi) is 12.0. The van der Waals surface area contributed by atoms with Gasteiger partial charge in [0.1, 0.15) is 5.78 Å². The number of nitrogens with one attached hydrogen (secondary N) is 2. The van der Waals surface area contributed by atoms with Gasteiger partial charge in [-0.15, -0.1) is 0 Å². The van der Waals surface area contributed by atoms with Gasteiger partial charge in [-0.3, -0.25) is 24.6 Å². The van der Waals surface area contributed by atoms with E-state index >= 15 is 0 Å². The summed E-state index contributed by atoms with van der Waals surface area (Å²) >= 11 is 0. The van der Waals surface area contributed by atoms with Gasteiger partial charge in [-0.05, 0) is 24.0 Å². The number of nitrogens with two attached hydrogens (primary N) is 1. The number of benzene rings is 2. The molecular formula is C27H35N5O4. The molecule has 36 heavy (non-hydrogen) atoms. The zero-order valence-corrected chi connectivity index (χ0v) is 20.9. The molecule has 1 unspecified atom stereocenters. The van der Waals surface area contributed by atoms with E-state index in [-0.39, 0.29) is 24.5 Å². The van der Waals surface area contributed by atoms with Gasteiger partial charge in [0, 0.05) is 31.6 Å². The van der Waals surface area contributed by atoms with Gasteiger partial charge in [-0.1, -0.05) is 80.9 Å². The molecule has 192 valence electrons. The zero-order valence-electron chi connectivity index (χ0n) is 20.9. The summed E-state index contributed by atoms with van der Waals surface area (Å²) in [6.45, 7) is 4.66. The van der Waals surface area contributed by atoms with Crippen molar-refractivity contribution in [1.82, 2.24) is 15.8 Å². The van der Waals surface area contributed by atoms with Crippen molar-refractivity contribution in [3.63, 3.8) is 0 Å². The number of hydrazone groups is 1. The maximum absolute atomic E-state index is 13.2. The SMILES string of the molecule is CCC/C(=N\NC(=O)C(=O)NN)C(CC)C(=O)CCC(=O)N(Cc1ccccc1)Cc1ccccc1. The average Bonchev–Trinajstić information content (AvgIpc) is 2.90. The normalized spacial score (nSPS) is 11.9. The van der Waals surface area contributed by atoms with Crippen LogP contribution >= 0.6 is 0 Å². The van der Waals surface area contributed by atoms with Gasteiger partial charge in [0.25, 0.3) is 0 Å². The number of hydrogen-bond donors (Lipinski definition) is 3. The van der Waals surface area contributed by atoms with E-state index in [1.807, 2.05) is 74.5 Å². The van der Waals surface area contributed by atoms with E-state index in [2.05, 4.69) is 10.5 Å². The molecule has 0 bridgehead atoms. The van der Waals surface area contributed by atoms with Gasteiger partial charge in [0.15, 0.2) is 0 Å². The van der Waals surface area contributed by atoms with Crippen molar-refractivity contribution in [2.75, 3.05) is 0 Å². The molecule has 0 saturated heterocycles. The molecule has 3 amide bonds. The van der Waals surface area contributed by atoms with Crippen LogP contribution in [-0.2, 0) is 32.3 Å². The van der Waals surface area contributed by atoms with Crippen molar-refractivity contribution >= 4 is 29.2 Å². The smallest absolute Gasteiger partial charge is 0.330 e. The number of hydrazine groups is 1. The fourth-order valence-electron chi connectivity index (χ4n) is 3.85. The molecule has 0 aliphatic carbocycles. The highest BCUT2D eigenvalue weighted by Crippen LogP contribution is 2.17. The van der Waals surface area contributed by atoms with E-state index in [1.54, 1.807) is 10.3 Å². The predicted octanol–water partition coefficient (Wildman–Crippen LogP) is 2.85. The van der Waals surface area contributed by atoms with Crippen molar-refractivity contribution < 1.29 is 19.2 Å². The molecule has 0 saturated carbocycles. The Morgan fingerprint density at radius 3 is 1.86 bits per heavy atom. The number of nitrogens with zero attached hydrogens (tertiary/aromatic N) is 2. The maximum atomic E-state index is 13.2. The predicted molar refractivity (Wildman–Crippen MR) is 138 cm³/mol. The molecule has 0 aliphatic heterocycles. The highest BCUT2D eigenvalue weighted by Gasteiger charge is 2.25. The molecule has 0 aromatic heterocycles. The van der Waals surface area contributed by atoms with Gasteiger partial charge in [-0.2, -0.15) is 5.10 Å². The number of Topliss-reactive ketones (excluding diaryl/α,β-unsaturated/α-hetero) is 1.